The van der Waals surface area contributed by atoms with Gasteiger partial charge < -0.3 is 55.1 Å². The summed E-state index contributed by atoms with van der Waals surface area (Å²) in [5.41, 5.74) is 1.13. The number of anilines is 1. The van der Waals surface area contributed by atoms with Gasteiger partial charge in [0.15, 0.2) is 16.8 Å². The fourth-order valence-corrected chi connectivity index (χ4v) is 9.34. The molecule has 17 nitrogen and oxygen atoms in total. The Kier molecular flexibility index (Phi) is 11.9. The van der Waals surface area contributed by atoms with Crippen molar-refractivity contribution in [1.29, 1.82) is 0 Å². The Morgan fingerprint density at radius 2 is 1.92 bits per heavy atom. The van der Waals surface area contributed by atoms with Gasteiger partial charge in [-0.3, -0.25) is 19.6 Å². The third-order valence-electron chi connectivity index (χ3n) is 12.7. The average Bonchev–Trinajstić information content (AvgIpc) is 4.08. The van der Waals surface area contributed by atoms with Gasteiger partial charge in [0.1, 0.15) is 53.7 Å². The molecule has 7 N–H and O–H groups in total. The number of allylic oxidation sites excluding steroid dienone is 2. The second-order valence-electron chi connectivity index (χ2n) is 16.6. The van der Waals surface area contributed by atoms with E-state index in [2.05, 4.69) is 32.4 Å². The lowest BCUT2D eigenvalue weighted by Gasteiger charge is -2.46. The molecular weight excluding hydrogens is 777 g/mol. The van der Waals surface area contributed by atoms with E-state index in [1.54, 1.807) is 36.4 Å². The molecule has 1 unspecified atom stereocenters. The summed E-state index contributed by atoms with van der Waals surface area (Å²) < 4.78 is 13.7. The first kappa shape index (κ1) is 42.0. The summed E-state index contributed by atoms with van der Waals surface area (Å²) in [5.74, 6) is 0.993. The Labute approximate surface area is 347 Å². The van der Waals surface area contributed by atoms with Crippen molar-refractivity contribution in [2.24, 2.45) is 15.9 Å². The number of fused-ring (bicyclic) bond motifs is 4. The average molecular weight is 831 g/mol. The van der Waals surface area contributed by atoms with Crippen molar-refractivity contribution in [2.45, 2.75) is 94.0 Å². The molecule has 0 saturated carbocycles. The van der Waals surface area contributed by atoms with Crippen LogP contribution in [0.15, 0.2) is 78.4 Å². The van der Waals surface area contributed by atoms with Gasteiger partial charge in [0.2, 0.25) is 5.91 Å². The van der Waals surface area contributed by atoms with E-state index in [1.165, 1.54) is 6.07 Å². The maximum Gasteiger partial charge on any atom is 0.220 e. The van der Waals surface area contributed by atoms with E-state index in [0.717, 1.165) is 17.7 Å². The molecule has 1 saturated heterocycles. The summed E-state index contributed by atoms with van der Waals surface area (Å²) >= 11 is 0. The summed E-state index contributed by atoms with van der Waals surface area (Å²) in [4.78, 5) is 50.8. The summed E-state index contributed by atoms with van der Waals surface area (Å²) in [7, 11) is 1.83. The lowest BCUT2D eigenvalue weighted by atomic mass is 9.79. The van der Waals surface area contributed by atoms with Gasteiger partial charge in [0.05, 0.1) is 41.7 Å². The van der Waals surface area contributed by atoms with Crippen molar-refractivity contribution in [2.75, 3.05) is 51.3 Å². The fraction of sp³-hybridized carbons (Fsp3) is 0.535. The molecule has 0 radical (unpaired) electrons. The number of β-amino-alcohol motifs (C(OH)–C–C–N with tert-alkyl or cyclic N) is 1. The largest absolute Gasteiger partial charge is 0.482 e. The number of aliphatic hydroxyl groups excluding tert-OH is 4. The first-order valence-corrected chi connectivity index (χ1v) is 20.7. The molecular formula is C43H54N6O11. The van der Waals surface area contributed by atoms with Crippen LogP contribution in [-0.4, -0.2) is 137 Å². The van der Waals surface area contributed by atoms with Gasteiger partial charge in [0.25, 0.3) is 0 Å². The predicted octanol–water partition coefficient (Wildman–Crippen LogP) is 1.04. The van der Waals surface area contributed by atoms with Crippen LogP contribution < -0.4 is 25.7 Å². The molecule has 2 aromatic rings. The minimum atomic E-state index is -2.41. The van der Waals surface area contributed by atoms with E-state index >= 15 is 0 Å². The van der Waals surface area contributed by atoms with E-state index in [9.17, 15) is 35.1 Å². The Balaban J connectivity index is 1.15. The van der Waals surface area contributed by atoms with Crippen molar-refractivity contribution in [3.63, 3.8) is 0 Å². The molecule has 0 aliphatic carbocycles. The Hall–Kier alpha value is -4.72. The molecule has 8 rings (SSSR count). The molecule has 0 spiro atoms. The van der Waals surface area contributed by atoms with Crippen LogP contribution in [0.25, 0.3) is 11.0 Å². The number of amides is 1. The summed E-state index contributed by atoms with van der Waals surface area (Å²) in [6, 6.07) is 3.10. The Bertz CT molecular complexity index is 2250. The van der Waals surface area contributed by atoms with Crippen molar-refractivity contribution in [3.8, 4) is 5.75 Å². The SMILES string of the molecule is CCC1C2=CC=NC2=CN1c1c2c(cc3c(=O)cc(C)oc13)C[C@@H](OOC[C@H](O)[C@](O)(CN1CC=C3N=CC=C31)[C@H](O)[C@H](O)CO)[C@@](CCNC)(CC[C@@H]1CNC(=O)C1)O2. The highest BCUT2D eigenvalue weighted by atomic mass is 17.2. The fourth-order valence-electron chi connectivity index (χ4n) is 9.34. The van der Waals surface area contributed by atoms with Crippen LogP contribution in [0.3, 0.4) is 0 Å². The number of hydrogen-bond acceptors (Lipinski definition) is 16. The van der Waals surface area contributed by atoms with Crippen molar-refractivity contribution in [1.82, 2.24) is 15.5 Å². The number of carbonyl (C=O) groups excluding carboxylic acids is 1. The molecule has 1 aromatic heterocycles. The third-order valence-corrected chi connectivity index (χ3v) is 12.7. The normalized spacial score (nSPS) is 26.5. The number of aryl methyl sites for hydroxylation is 1. The van der Waals surface area contributed by atoms with Gasteiger partial charge in [-0.2, -0.15) is 0 Å². The van der Waals surface area contributed by atoms with E-state index in [4.69, 9.17) is 18.9 Å². The number of nitrogens with one attached hydrogen (secondary N) is 2. The standard InChI is InChI=1S/C43H54N6O11/c1-4-31-27-6-11-46-30(27)20-49(31)38-39-26(17-28-33(51)15-24(2)58-40(28)38)18-36(42(59-39,10-13-44-3)9-5-25-16-37(54)47-19-25)60-57-22-35(53)43(56,41(55)34(52)21-50)23-48-14-8-29-32(48)7-12-45-29/h6-8,11-12,15,17,20,25,31,34-36,41,44,50,52-53,55-56H,4-5,9-10,13-14,16,18-19,21-23H2,1-3H3,(H,47,54)/t25-,31?,34+,35-,36+,41+,42-,43+/m0/s1. The highest BCUT2D eigenvalue weighted by molar-refractivity contribution is 5.96. The van der Waals surface area contributed by atoms with Crippen molar-refractivity contribution < 1.29 is 49.3 Å². The molecule has 1 amide bonds. The molecule has 0 bridgehead atoms. The zero-order chi connectivity index (χ0) is 42.3. The predicted molar refractivity (Wildman–Crippen MR) is 222 cm³/mol. The highest BCUT2D eigenvalue weighted by Gasteiger charge is 2.51. The van der Waals surface area contributed by atoms with Crippen LogP contribution >= 0.6 is 0 Å². The zero-order valence-corrected chi connectivity index (χ0v) is 34.0. The Morgan fingerprint density at radius 1 is 1.12 bits per heavy atom. The van der Waals surface area contributed by atoms with Gasteiger partial charge in [0, 0.05) is 68.2 Å². The molecule has 8 atom stereocenters. The van der Waals surface area contributed by atoms with Crippen LogP contribution in [0, 0.1) is 12.8 Å². The van der Waals surface area contributed by atoms with Crippen molar-refractivity contribution in [3.05, 3.63) is 80.8 Å². The van der Waals surface area contributed by atoms with Gasteiger partial charge in [-0.15, -0.1) is 0 Å². The highest BCUT2D eigenvalue weighted by Crippen LogP contribution is 2.51. The smallest absolute Gasteiger partial charge is 0.220 e. The molecule has 1 fully saturated rings. The van der Waals surface area contributed by atoms with Crippen LogP contribution in [0.5, 0.6) is 5.75 Å². The molecule has 6 aliphatic heterocycles. The molecule has 7 heterocycles. The quantitative estimate of drug-likeness (QED) is 0.0823. The van der Waals surface area contributed by atoms with Crippen LogP contribution in [0.1, 0.15) is 50.4 Å². The number of carbonyl (C=O) groups is 1. The molecule has 60 heavy (non-hydrogen) atoms. The maximum atomic E-state index is 13.7. The molecule has 1 aromatic carbocycles. The minimum absolute atomic E-state index is 0.0164. The van der Waals surface area contributed by atoms with Gasteiger partial charge >= 0.3 is 0 Å². The number of rotatable bonds is 18. The lowest BCUT2D eigenvalue weighted by molar-refractivity contribution is -0.367. The van der Waals surface area contributed by atoms with Crippen LogP contribution in [0.4, 0.5) is 5.69 Å². The number of ether oxygens (including phenoxy) is 1. The summed E-state index contributed by atoms with van der Waals surface area (Å²) in [5, 5.41) is 61.4. The first-order chi connectivity index (χ1) is 28.9. The van der Waals surface area contributed by atoms with Gasteiger partial charge in [-0.05, 0) is 70.0 Å². The lowest BCUT2D eigenvalue weighted by Crippen LogP contribution is -2.63. The number of aliphatic imine (C=N–C) groups is 2. The number of benzene rings is 1. The van der Waals surface area contributed by atoms with E-state index in [-0.39, 0.29) is 36.3 Å². The van der Waals surface area contributed by atoms with E-state index in [0.29, 0.717) is 90.4 Å². The number of hydrogen-bond donors (Lipinski definition) is 7. The summed E-state index contributed by atoms with van der Waals surface area (Å²) in [6.45, 7) is 3.32. The second kappa shape index (κ2) is 17.0. The summed E-state index contributed by atoms with van der Waals surface area (Å²) in [6.07, 6.45) is 7.21. The van der Waals surface area contributed by atoms with Crippen molar-refractivity contribution >= 4 is 35.0 Å². The first-order valence-electron chi connectivity index (χ1n) is 20.7. The minimum Gasteiger partial charge on any atom is -0.482 e. The zero-order valence-electron chi connectivity index (χ0n) is 34.0. The molecule has 6 aliphatic rings. The third kappa shape index (κ3) is 7.62. The number of nitrogens with zero attached hydrogens (tertiary/aromatic N) is 4. The van der Waals surface area contributed by atoms with Gasteiger partial charge in [-0.25, -0.2) is 9.78 Å². The topological polar surface area (TPSA) is 231 Å². The van der Waals surface area contributed by atoms with E-state index in [1.807, 2.05) is 25.4 Å². The molecule has 322 valence electrons. The van der Waals surface area contributed by atoms with Gasteiger partial charge in [-0.1, -0.05) is 6.92 Å². The maximum absolute atomic E-state index is 13.7. The molecule has 17 heteroatoms. The van der Waals surface area contributed by atoms with E-state index < -0.39 is 48.8 Å². The Morgan fingerprint density at radius 3 is 2.67 bits per heavy atom. The van der Waals surface area contributed by atoms with Crippen LogP contribution in [0.2, 0.25) is 0 Å². The monoisotopic (exact) mass is 830 g/mol. The number of aliphatic hydroxyl groups is 5. The second-order valence-corrected chi connectivity index (χ2v) is 16.6. The van der Waals surface area contributed by atoms with Crippen LogP contribution in [-0.2, 0) is 21.0 Å².